The first-order chi connectivity index (χ1) is 12.7. The number of hydrogen-bond acceptors (Lipinski definition) is 5. The van der Waals surface area contributed by atoms with Crippen LogP contribution in [0.3, 0.4) is 0 Å². The standard InChI is InChI=1S/C20H19N5O/c1-24-12-13(11-21-24)16-18-17(22-20(23-18)25-9-5-6-10-25)14-7-3-2-4-8-15(14)19(16)26/h2,4,7-8,11-12H,3,5-6,9-10H2,1H3. The van der Waals surface area contributed by atoms with Gasteiger partial charge in [-0.05, 0) is 19.3 Å². The Morgan fingerprint density at radius 1 is 1.12 bits per heavy atom. The molecule has 0 atom stereocenters. The molecule has 130 valence electrons. The number of aliphatic imine (C=N–C) groups is 2. The molecule has 5 rings (SSSR count). The van der Waals surface area contributed by atoms with Gasteiger partial charge >= 0.3 is 0 Å². The maximum atomic E-state index is 13.3. The normalized spacial score (nSPS) is 21.9. The highest BCUT2D eigenvalue weighted by atomic mass is 16.1. The van der Waals surface area contributed by atoms with Crippen LogP contribution in [-0.2, 0) is 11.8 Å². The van der Waals surface area contributed by atoms with Crippen LogP contribution in [0.2, 0.25) is 0 Å². The van der Waals surface area contributed by atoms with E-state index in [0.717, 1.165) is 55.2 Å². The molecule has 2 aliphatic heterocycles. The van der Waals surface area contributed by atoms with Crippen LogP contribution in [0.1, 0.15) is 24.8 Å². The Bertz CT molecular complexity index is 993. The van der Waals surface area contributed by atoms with E-state index >= 15 is 0 Å². The molecule has 0 N–H and O–H groups in total. The number of Topliss-reactive ketones (excluding diaryl/α,β-unsaturated/α-hetero) is 1. The maximum Gasteiger partial charge on any atom is 0.226 e. The number of nitrogens with zero attached hydrogens (tertiary/aromatic N) is 5. The number of carbonyl (C=O) groups excluding carboxylic acids is 1. The number of carbonyl (C=O) groups is 1. The van der Waals surface area contributed by atoms with Crippen LogP contribution in [0.25, 0.3) is 5.57 Å². The SMILES string of the molecule is Cn1cc(C2=C3N=C(N4CCCC4)N=C3C3=CCC=CC=C3C2=O)cn1. The van der Waals surface area contributed by atoms with Gasteiger partial charge in [0.15, 0.2) is 5.78 Å². The second-order valence-electron chi connectivity index (χ2n) is 6.88. The van der Waals surface area contributed by atoms with E-state index in [0.29, 0.717) is 16.8 Å². The second kappa shape index (κ2) is 5.76. The smallest absolute Gasteiger partial charge is 0.226 e. The molecule has 0 saturated carbocycles. The topological polar surface area (TPSA) is 62.9 Å². The van der Waals surface area contributed by atoms with Crippen molar-refractivity contribution in [3.63, 3.8) is 0 Å². The predicted octanol–water partition coefficient (Wildman–Crippen LogP) is 2.43. The van der Waals surface area contributed by atoms with Gasteiger partial charge in [0, 0.05) is 43.0 Å². The number of fused-ring (bicyclic) bond motifs is 3. The van der Waals surface area contributed by atoms with Gasteiger partial charge < -0.3 is 4.90 Å². The van der Waals surface area contributed by atoms with E-state index in [2.05, 4.69) is 16.1 Å². The Balaban J connectivity index is 1.73. The third-order valence-corrected chi connectivity index (χ3v) is 5.14. The van der Waals surface area contributed by atoms with Gasteiger partial charge in [-0.15, -0.1) is 0 Å². The quantitative estimate of drug-likeness (QED) is 0.785. The molecule has 0 bridgehead atoms. The molecule has 0 unspecified atom stereocenters. The number of aryl methyl sites for hydroxylation is 1. The molecule has 1 fully saturated rings. The molecule has 0 spiro atoms. The van der Waals surface area contributed by atoms with Crippen molar-refractivity contribution in [2.45, 2.75) is 19.3 Å². The van der Waals surface area contributed by atoms with Crippen LogP contribution in [0.4, 0.5) is 0 Å². The number of guanidine groups is 1. The van der Waals surface area contributed by atoms with E-state index in [1.807, 2.05) is 31.5 Å². The fraction of sp³-hybridized carbons (Fsp3) is 0.300. The van der Waals surface area contributed by atoms with Gasteiger partial charge in [-0.2, -0.15) is 5.10 Å². The first kappa shape index (κ1) is 15.3. The second-order valence-corrected chi connectivity index (χ2v) is 6.88. The molecule has 2 aliphatic carbocycles. The lowest BCUT2D eigenvalue weighted by Crippen LogP contribution is -2.25. The van der Waals surface area contributed by atoms with E-state index in [1.165, 1.54) is 0 Å². The zero-order valence-electron chi connectivity index (χ0n) is 14.6. The lowest BCUT2D eigenvalue weighted by Gasteiger charge is -2.20. The average molecular weight is 345 g/mol. The van der Waals surface area contributed by atoms with Crippen LogP contribution in [-0.4, -0.2) is 45.2 Å². The molecule has 0 amide bonds. The highest BCUT2D eigenvalue weighted by Gasteiger charge is 2.38. The minimum Gasteiger partial charge on any atom is -0.341 e. The zero-order valence-corrected chi connectivity index (χ0v) is 14.6. The number of ketones is 1. The summed E-state index contributed by atoms with van der Waals surface area (Å²) in [7, 11) is 1.85. The molecule has 1 aromatic heterocycles. The molecule has 0 radical (unpaired) electrons. The molecular weight excluding hydrogens is 326 g/mol. The number of allylic oxidation sites excluding steroid dienone is 7. The molecular formula is C20H19N5O. The maximum absolute atomic E-state index is 13.3. The molecule has 0 aromatic carbocycles. The van der Waals surface area contributed by atoms with Crippen molar-refractivity contribution in [1.82, 2.24) is 14.7 Å². The van der Waals surface area contributed by atoms with Gasteiger partial charge in [0.05, 0.1) is 11.8 Å². The molecule has 4 aliphatic rings. The highest BCUT2D eigenvalue weighted by molar-refractivity contribution is 6.45. The zero-order chi connectivity index (χ0) is 17.7. The van der Waals surface area contributed by atoms with Crippen molar-refractivity contribution in [3.8, 4) is 0 Å². The fourth-order valence-electron chi connectivity index (χ4n) is 3.86. The Morgan fingerprint density at radius 2 is 1.96 bits per heavy atom. The Labute approximate surface area is 151 Å². The number of hydrogen-bond donors (Lipinski definition) is 0. The highest BCUT2D eigenvalue weighted by Crippen LogP contribution is 2.38. The molecule has 1 aromatic rings. The van der Waals surface area contributed by atoms with Gasteiger partial charge in [0.25, 0.3) is 0 Å². The minimum absolute atomic E-state index is 0.00354. The Morgan fingerprint density at radius 3 is 2.73 bits per heavy atom. The van der Waals surface area contributed by atoms with Crippen molar-refractivity contribution in [1.29, 1.82) is 0 Å². The number of aromatic nitrogens is 2. The minimum atomic E-state index is -0.00354. The summed E-state index contributed by atoms with van der Waals surface area (Å²) in [6.07, 6.45) is 14.7. The molecule has 6 nitrogen and oxygen atoms in total. The fourth-order valence-corrected chi connectivity index (χ4v) is 3.86. The van der Waals surface area contributed by atoms with Crippen molar-refractivity contribution in [3.05, 3.63) is 59.1 Å². The first-order valence-electron chi connectivity index (χ1n) is 9.01. The van der Waals surface area contributed by atoms with E-state index in [-0.39, 0.29) is 5.78 Å². The molecule has 26 heavy (non-hydrogen) atoms. The van der Waals surface area contributed by atoms with E-state index in [1.54, 1.807) is 10.9 Å². The van der Waals surface area contributed by atoms with Gasteiger partial charge in [0.1, 0.15) is 11.4 Å². The molecule has 3 heterocycles. The first-order valence-corrected chi connectivity index (χ1v) is 9.01. The summed E-state index contributed by atoms with van der Waals surface area (Å²) in [5.41, 5.74) is 4.50. The van der Waals surface area contributed by atoms with Gasteiger partial charge in [-0.3, -0.25) is 9.48 Å². The van der Waals surface area contributed by atoms with Crippen molar-refractivity contribution < 1.29 is 4.79 Å². The van der Waals surface area contributed by atoms with Gasteiger partial charge in [-0.25, -0.2) is 9.98 Å². The van der Waals surface area contributed by atoms with E-state index in [4.69, 9.17) is 9.98 Å². The molecule has 6 heteroatoms. The largest absolute Gasteiger partial charge is 0.341 e. The summed E-state index contributed by atoms with van der Waals surface area (Å²) >= 11 is 0. The van der Waals surface area contributed by atoms with Crippen LogP contribution in [0.15, 0.2) is 63.5 Å². The van der Waals surface area contributed by atoms with Crippen molar-refractivity contribution in [2.75, 3.05) is 13.1 Å². The number of likely N-dealkylation sites (tertiary alicyclic amines) is 1. The lowest BCUT2D eigenvalue weighted by molar-refractivity contribution is -0.110. The van der Waals surface area contributed by atoms with E-state index in [9.17, 15) is 4.79 Å². The third-order valence-electron chi connectivity index (χ3n) is 5.14. The van der Waals surface area contributed by atoms with E-state index < -0.39 is 0 Å². The monoisotopic (exact) mass is 345 g/mol. The molecule has 1 saturated heterocycles. The van der Waals surface area contributed by atoms with Crippen molar-refractivity contribution in [2.24, 2.45) is 17.0 Å². The summed E-state index contributed by atoms with van der Waals surface area (Å²) in [6, 6.07) is 0. The van der Waals surface area contributed by atoms with Crippen LogP contribution in [0, 0.1) is 0 Å². The summed E-state index contributed by atoms with van der Waals surface area (Å²) in [6.45, 7) is 1.95. The summed E-state index contributed by atoms with van der Waals surface area (Å²) in [4.78, 5) is 25.2. The summed E-state index contributed by atoms with van der Waals surface area (Å²) in [5.74, 6) is 0.734. The van der Waals surface area contributed by atoms with Crippen molar-refractivity contribution >= 4 is 23.0 Å². The van der Waals surface area contributed by atoms with Gasteiger partial charge in [-0.1, -0.05) is 24.3 Å². The lowest BCUT2D eigenvalue weighted by atomic mass is 9.82. The predicted molar refractivity (Wildman–Crippen MR) is 101 cm³/mol. The summed E-state index contributed by atoms with van der Waals surface area (Å²) in [5, 5.41) is 4.24. The summed E-state index contributed by atoms with van der Waals surface area (Å²) < 4.78 is 1.71. The third kappa shape index (κ3) is 2.25. The van der Waals surface area contributed by atoms with Crippen LogP contribution in [0.5, 0.6) is 0 Å². The Hall–Kier alpha value is -3.02. The Kier molecular flexibility index (Phi) is 3.38. The van der Waals surface area contributed by atoms with Gasteiger partial charge in [0.2, 0.25) is 5.96 Å². The average Bonchev–Trinajstić information content (AvgIpc) is 3.34. The van der Waals surface area contributed by atoms with Crippen LogP contribution < -0.4 is 0 Å². The van der Waals surface area contributed by atoms with Crippen LogP contribution >= 0.6 is 0 Å². The number of rotatable bonds is 1.